The maximum absolute atomic E-state index is 14.9. The molecule has 6 heterocycles. The van der Waals surface area contributed by atoms with Gasteiger partial charge in [0.25, 0.3) is 0 Å². The van der Waals surface area contributed by atoms with Gasteiger partial charge in [0.15, 0.2) is 5.82 Å². The number of imidazole rings is 1. The first-order valence-corrected chi connectivity index (χ1v) is 13.3. The number of pyridine rings is 1. The van der Waals surface area contributed by atoms with Crippen LogP contribution in [0.2, 0.25) is 0 Å². The Hall–Kier alpha value is -3.11. The topological polar surface area (TPSA) is 75.0 Å². The highest BCUT2D eigenvalue weighted by Crippen LogP contribution is 2.42. The lowest BCUT2D eigenvalue weighted by atomic mass is 9.72. The molecule has 2 aliphatic rings. The van der Waals surface area contributed by atoms with Gasteiger partial charge in [-0.2, -0.15) is 0 Å². The van der Waals surface area contributed by atoms with Crippen molar-refractivity contribution in [1.82, 2.24) is 29.4 Å². The van der Waals surface area contributed by atoms with Gasteiger partial charge in [0.1, 0.15) is 27.7 Å². The molecule has 2 saturated heterocycles. The molecule has 0 atom stereocenters. The second-order valence-electron chi connectivity index (χ2n) is 10.4. The highest BCUT2D eigenvalue weighted by Gasteiger charge is 2.51. The molecule has 0 radical (unpaired) electrons. The van der Waals surface area contributed by atoms with E-state index in [9.17, 15) is 4.39 Å². The van der Waals surface area contributed by atoms with Gasteiger partial charge < -0.3 is 19.7 Å². The zero-order chi connectivity index (χ0) is 25.2. The van der Waals surface area contributed by atoms with Crippen molar-refractivity contribution < 1.29 is 4.39 Å². The van der Waals surface area contributed by atoms with Crippen LogP contribution in [0.4, 0.5) is 21.8 Å². The van der Waals surface area contributed by atoms with Crippen molar-refractivity contribution in [2.24, 2.45) is 5.41 Å². The van der Waals surface area contributed by atoms with Crippen molar-refractivity contribution >= 4 is 39.1 Å². The number of anilines is 3. The van der Waals surface area contributed by atoms with Crippen molar-refractivity contribution in [1.29, 1.82) is 0 Å². The Balaban J connectivity index is 1.20. The lowest BCUT2D eigenvalue weighted by Crippen LogP contribution is -2.72. The summed E-state index contributed by atoms with van der Waals surface area (Å²) in [6, 6.07) is 4.26. The van der Waals surface area contributed by atoms with Gasteiger partial charge in [-0.15, -0.1) is 11.3 Å². The van der Waals surface area contributed by atoms with Crippen molar-refractivity contribution in [2.45, 2.75) is 40.7 Å². The first kappa shape index (κ1) is 23.3. The van der Waals surface area contributed by atoms with Crippen LogP contribution < -0.4 is 10.2 Å². The number of hydrogen-bond acceptors (Lipinski definition) is 8. The van der Waals surface area contributed by atoms with Gasteiger partial charge in [-0.1, -0.05) is 6.92 Å². The number of likely N-dealkylation sites (tertiary alicyclic amines) is 1. The Morgan fingerprint density at radius 2 is 1.86 bits per heavy atom. The molecule has 0 aliphatic carbocycles. The third-order valence-corrected chi connectivity index (χ3v) is 8.67. The van der Waals surface area contributed by atoms with Crippen molar-refractivity contribution in [2.75, 3.05) is 42.9 Å². The van der Waals surface area contributed by atoms with Gasteiger partial charge >= 0.3 is 0 Å². The SMILES string of the molecule is CCN1CC2(C1)CN(c1ccc(Nc3ncc(F)c(-c4sc5c(nc(C)n5C(C)C)c4C)n3)nc1)C2. The predicted molar refractivity (Wildman–Crippen MR) is 143 cm³/mol. The molecule has 0 amide bonds. The fourth-order valence-corrected chi connectivity index (χ4v) is 7.02. The number of nitrogens with zero attached hydrogens (tertiary/aromatic N) is 7. The van der Waals surface area contributed by atoms with Crippen LogP contribution in [0.1, 0.15) is 38.2 Å². The van der Waals surface area contributed by atoms with E-state index in [1.165, 1.54) is 30.6 Å². The third-order valence-electron chi connectivity index (χ3n) is 7.38. The molecule has 1 N–H and O–H groups in total. The zero-order valence-corrected chi connectivity index (χ0v) is 22.2. The van der Waals surface area contributed by atoms with Crippen molar-refractivity contribution in [3.05, 3.63) is 41.7 Å². The van der Waals surface area contributed by atoms with E-state index >= 15 is 0 Å². The van der Waals surface area contributed by atoms with Crippen LogP contribution in [0.3, 0.4) is 0 Å². The van der Waals surface area contributed by atoms with Crippen LogP contribution in [-0.4, -0.2) is 62.1 Å². The maximum atomic E-state index is 14.9. The summed E-state index contributed by atoms with van der Waals surface area (Å²) >= 11 is 1.52. The third kappa shape index (κ3) is 3.74. The van der Waals surface area contributed by atoms with Crippen LogP contribution >= 0.6 is 11.3 Å². The number of fused-ring (bicyclic) bond motifs is 1. The normalized spacial score (nSPS) is 17.1. The van der Waals surface area contributed by atoms with Gasteiger partial charge in [-0.25, -0.2) is 24.3 Å². The number of halogens is 1. The summed E-state index contributed by atoms with van der Waals surface area (Å²) in [5.41, 5.74) is 3.72. The lowest BCUT2D eigenvalue weighted by Gasteiger charge is -2.61. The van der Waals surface area contributed by atoms with E-state index < -0.39 is 5.82 Å². The molecular formula is C26H31FN8S. The minimum atomic E-state index is -0.451. The molecule has 0 saturated carbocycles. The van der Waals surface area contributed by atoms with Gasteiger partial charge in [0, 0.05) is 37.6 Å². The molecule has 4 aromatic rings. The second kappa shape index (κ2) is 8.48. The van der Waals surface area contributed by atoms with E-state index in [1.807, 2.05) is 26.1 Å². The number of aryl methyl sites for hydroxylation is 2. The molecule has 6 rings (SSSR count). The lowest BCUT2D eigenvalue weighted by molar-refractivity contribution is -0.0178. The molecule has 8 nitrogen and oxygen atoms in total. The largest absolute Gasteiger partial charge is 0.369 e. The molecule has 10 heteroatoms. The standard InChI is InChI=1S/C26H31FN8S/c1-6-33-11-26(12-33)13-34(14-26)18-7-8-20(28-9-18)31-25-29-10-19(27)22(32-25)23-16(4)21-24(36-23)35(15(2)3)17(5)30-21/h7-10,15H,6,11-14H2,1-5H3,(H,28,29,31,32). The fraction of sp³-hybridized carbons (Fsp3) is 0.462. The highest BCUT2D eigenvalue weighted by molar-refractivity contribution is 7.22. The number of thiophene rings is 1. The molecule has 36 heavy (non-hydrogen) atoms. The van der Waals surface area contributed by atoms with Gasteiger partial charge in [-0.3, -0.25) is 0 Å². The Bertz CT molecular complexity index is 1430. The Labute approximate surface area is 214 Å². The van der Waals surface area contributed by atoms with E-state index in [2.05, 4.69) is 61.5 Å². The minimum Gasteiger partial charge on any atom is -0.369 e. The summed E-state index contributed by atoms with van der Waals surface area (Å²) in [7, 11) is 0. The summed E-state index contributed by atoms with van der Waals surface area (Å²) in [6.45, 7) is 16.2. The molecule has 2 aliphatic heterocycles. The summed E-state index contributed by atoms with van der Waals surface area (Å²) < 4.78 is 17.1. The molecule has 2 fully saturated rings. The van der Waals surface area contributed by atoms with Crippen LogP contribution in [-0.2, 0) is 0 Å². The maximum Gasteiger partial charge on any atom is 0.229 e. The first-order chi connectivity index (χ1) is 17.3. The van der Waals surface area contributed by atoms with E-state index in [0.29, 0.717) is 17.2 Å². The summed E-state index contributed by atoms with van der Waals surface area (Å²) in [6.07, 6.45) is 3.10. The van der Waals surface area contributed by atoms with Gasteiger partial charge in [0.2, 0.25) is 5.95 Å². The number of nitrogens with one attached hydrogen (secondary N) is 1. The van der Waals surface area contributed by atoms with Crippen LogP contribution in [0.25, 0.3) is 20.9 Å². The van der Waals surface area contributed by atoms with Crippen LogP contribution in [0, 0.1) is 25.1 Å². The summed E-state index contributed by atoms with van der Waals surface area (Å²) in [5.74, 6) is 1.46. The monoisotopic (exact) mass is 506 g/mol. The average molecular weight is 507 g/mol. The number of aromatic nitrogens is 5. The second-order valence-corrected chi connectivity index (χ2v) is 11.4. The fourth-order valence-electron chi connectivity index (χ4n) is 5.60. The Morgan fingerprint density at radius 1 is 1.08 bits per heavy atom. The Morgan fingerprint density at radius 3 is 2.53 bits per heavy atom. The minimum absolute atomic E-state index is 0.268. The van der Waals surface area contributed by atoms with Crippen molar-refractivity contribution in [3.63, 3.8) is 0 Å². The number of hydrogen-bond donors (Lipinski definition) is 1. The van der Waals surface area contributed by atoms with E-state index in [4.69, 9.17) is 4.98 Å². The molecule has 0 unspecified atom stereocenters. The molecule has 4 aromatic heterocycles. The average Bonchev–Trinajstić information content (AvgIpc) is 3.29. The predicted octanol–water partition coefficient (Wildman–Crippen LogP) is 5.17. The highest BCUT2D eigenvalue weighted by atomic mass is 32.1. The van der Waals surface area contributed by atoms with Crippen LogP contribution in [0.15, 0.2) is 24.5 Å². The smallest absolute Gasteiger partial charge is 0.229 e. The molecule has 0 bridgehead atoms. The summed E-state index contributed by atoms with van der Waals surface area (Å²) in [5, 5.41) is 3.14. The summed E-state index contributed by atoms with van der Waals surface area (Å²) in [4.78, 5) is 24.7. The van der Waals surface area contributed by atoms with Crippen molar-refractivity contribution in [3.8, 4) is 10.6 Å². The molecule has 1 spiro atoms. The zero-order valence-electron chi connectivity index (χ0n) is 21.3. The molecule has 0 aromatic carbocycles. The number of rotatable bonds is 6. The van der Waals surface area contributed by atoms with Crippen LogP contribution in [0.5, 0.6) is 0 Å². The van der Waals surface area contributed by atoms with E-state index in [0.717, 1.165) is 51.9 Å². The Kier molecular flexibility index (Phi) is 5.49. The van der Waals surface area contributed by atoms with E-state index in [-0.39, 0.29) is 11.7 Å². The first-order valence-electron chi connectivity index (χ1n) is 12.5. The van der Waals surface area contributed by atoms with Gasteiger partial charge in [-0.05, 0) is 51.9 Å². The van der Waals surface area contributed by atoms with E-state index in [1.54, 1.807) is 0 Å². The quantitative estimate of drug-likeness (QED) is 0.387. The molecular weight excluding hydrogens is 475 g/mol. The van der Waals surface area contributed by atoms with Gasteiger partial charge in [0.05, 0.1) is 23.0 Å². The molecule has 188 valence electrons.